The van der Waals surface area contributed by atoms with Crippen molar-refractivity contribution in [1.82, 2.24) is 15.8 Å². The van der Waals surface area contributed by atoms with Crippen molar-refractivity contribution < 1.29 is 23.9 Å². The second-order valence-electron chi connectivity index (χ2n) is 7.70. The highest BCUT2D eigenvalue weighted by Crippen LogP contribution is 2.37. The first-order valence-corrected chi connectivity index (χ1v) is 11.1. The fourth-order valence-corrected chi connectivity index (χ4v) is 4.40. The van der Waals surface area contributed by atoms with Crippen LogP contribution in [0.4, 0.5) is 0 Å². The molecule has 4 amide bonds. The molecule has 2 aliphatic rings. The van der Waals surface area contributed by atoms with Crippen molar-refractivity contribution in [3.8, 4) is 5.75 Å². The van der Waals surface area contributed by atoms with Crippen molar-refractivity contribution in [3.63, 3.8) is 0 Å². The summed E-state index contributed by atoms with van der Waals surface area (Å²) < 4.78 is 5.50. The van der Waals surface area contributed by atoms with E-state index in [1.54, 1.807) is 18.2 Å². The van der Waals surface area contributed by atoms with E-state index >= 15 is 0 Å². The zero-order valence-corrected chi connectivity index (χ0v) is 18.5. The molecule has 2 atom stereocenters. The van der Waals surface area contributed by atoms with Gasteiger partial charge in [-0.3, -0.25) is 34.9 Å². The summed E-state index contributed by atoms with van der Waals surface area (Å²) in [6.45, 7) is 0.298. The number of hydrazine groups is 1. The minimum atomic E-state index is -0.465. The Morgan fingerprint density at radius 1 is 1.00 bits per heavy atom. The Bertz CT molecular complexity index is 839. The molecular weight excluding hydrogens is 445 g/mol. The quantitative estimate of drug-likeness (QED) is 0.346. The van der Waals surface area contributed by atoms with Gasteiger partial charge in [0.1, 0.15) is 5.75 Å². The van der Waals surface area contributed by atoms with Crippen LogP contribution < -0.4 is 15.6 Å². The molecule has 1 aliphatic carbocycles. The molecule has 0 aromatic heterocycles. The van der Waals surface area contributed by atoms with Crippen LogP contribution in [-0.4, -0.2) is 41.7 Å². The number of nitrogens with one attached hydrogen (secondary N) is 2. The van der Waals surface area contributed by atoms with Crippen LogP contribution in [0.3, 0.4) is 0 Å². The average molecular weight is 470 g/mol. The van der Waals surface area contributed by atoms with Gasteiger partial charge in [-0.25, -0.2) is 0 Å². The minimum absolute atomic E-state index is 0.0298. The summed E-state index contributed by atoms with van der Waals surface area (Å²) in [5.41, 5.74) is 4.63. The first kappa shape index (κ1) is 23.3. The van der Waals surface area contributed by atoms with Gasteiger partial charge in [-0.1, -0.05) is 36.0 Å². The number of halogens is 2. The number of hydrogen-bond acceptors (Lipinski definition) is 5. The summed E-state index contributed by atoms with van der Waals surface area (Å²) in [5, 5.41) is 0.891. The number of ether oxygens (including phenoxy) is 1. The predicted molar refractivity (Wildman–Crippen MR) is 114 cm³/mol. The van der Waals surface area contributed by atoms with Crippen LogP contribution in [0.25, 0.3) is 0 Å². The van der Waals surface area contributed by atoms with Gasteiger partial charge >= 0.3 is 0 Å². The fraction of sp³-hybridized carbons (Fsp3) is 0.524. The maximum Gasteiger partial charge on any atom is 0.240 e. The summed E-state index contributed by atoms with van der Waals surface area (Å²) in [7, 11) is 0. The SMILES string of the molecule is O=C(CCCOc1ccc(Cl)cc1Cl)NNC(=O)CCN1C(=O)C2CCCCC2C1=O. The number of nitrogens with zero attached hydrogens (tertiary/aromatic N) is 1. The van der Waals surface area contributed by atoms with Crippen LogP contribution in [0.2, 0.25) is 10.0 Å². The van der Waals surface area contributed by atoms with Crippen LogP contribution in [0.1, 0.15) is 44.9 Å². The molecule has 0 spiro atoms. The number of carbonyl (C=O) groups excluding carboxylic acids is 4. The van der Waals surface area contributed by atoms with Gasteiger partial charge in [0, 0.05) is 24.4 Å². The topological polar surface area (TPSA) is 105 Å². The van der Waals surface area contributed by atoms with Gasteiger partial charge < -0.3 is 4.74 Å². The molecule has 1 saturated carbocycles. The van der Waals surface area contributed by atoms with Gasteiger partial charge in [-0.05, 0) is 37.5 Å². The Kier molecular flexibility index (Phi) is 8.15. The van der Waals surface area contributed by atoms with Crippen molar-refractivity contribution in [2.45, 2.75) is 44.9 Å². The molecule has 0 radical (unpaired) electrons. The highest BCUT2D eigenvalue weighted by atomic mass is 35.5. The maximum atomic E-state index is 12.4. The number of imide groups is 1. The van der Waals surface area contributed by atoms with Crippen LogP contribution in [0, 0.1) is 11.8 Å². The highest BCUT2D eigenvalue weighted by molar-refractivity contribution is 6.35. The number of benzene rings is 1. The van der Waals surface area contributed by atoms with E-state index in [1.165, 1.54) is 4.90 Å². The smallest absolute Gasteiger partial charge is 0.240 e. The normalized spacial score (nSPS) is 20.4. The van der Waals surface area contributed by atoms with E-state index < -0.39 is 5.91 Å². The van der Waals surface area contributed by atoms with Crippen LogP contribution in [-0.2, 0) is 19.2 Å². The maximum absolute atomic E-state index is 12.4. The van der Waals surface area contributed by atoms with E-state index in [0.29, 0.717) is 22.2 Å². The van der Waals surface area contributed by atoms with Crippen LogP contribution >= 0.6 is 23.2 Å². The third-order valence-electron chi connectivity index (χ3n) is 5.54. The van der Waals surface area contributed by atoms with Crippen LogP contribution in [0.5, 0.6) is 5.75 Å². The third-order valence-corrected chi connectivity index (χ3v) is 6.07. The largest absolute Gasteiger partial charge is 0.492 e. The number of amides is 4. The third kappa shape index (κ3) is 6.11. The van der Waals surface area contributed by atoms with Crippen molar-refractivity contribution in [2.75, 3.05) is 13.2 Å². The Labute approximate surface area is 190 Å². The van der Waals surface area contributed by atoms with Gasteiger partial charge in [-0.15, -0.1) is 0 Å². The number of rotatable bonds is 8. The van der Waals surface area contributed by atoms with E-state index in [4.69, 9.17) is 27.9 Å². The number of carbonyl (C=O) groups is 4. The molecule has 1 aromatic rings. The van der Waals surface area contributed by atoms with E-state index in [1.807, 2.05) is 0 Å². The van der Waals surface area contributed by atoms with Crippen LogP contribution in [0.15, 0.2) is 18.2 Å². The zero-order chi connectivity index (χ0) is 22.4. The Morgan fingerprint density at radius 3 is 2.23 bits per heavy atom. The zero-order valence-electron chi connectivity index (χ0n) is 17.0. The standard InChI is InChI=1S/C21H25Cl2N3O5/c22-13-7-8-17(16(23)12-13)31-11-3-6-18(27)24-25-19(28)9-10-26-20(29)14-4-1-2-5-15(14)21(26)30/h7-8,12,14-15H,1-6,9-11H2,(H,24,27)(H,25,28). The van der Waals surface area contributed by atoms with Crippen molar-refractivity contribution in [3.05, 3.63) is 28.2 Å². The van der Waals surface area contributed by atoms with Crippen molar-refractivity contribution in [1.29, 1.82) is 0 Å². The molecule has 1 aromatic carbocycles. The lowest BCUT2D eigenvalue weighted by atomic mass is 9.81. The lowest BCUT2D eigenvalue weighted by molar-refractivity contribution is -0.140. The summed E-state index contributed by atoms with van der Waals surface area (Å²) in [4.78, 5) is 49.8. The molecule has 3 rings (SSSR count). The predicted octanol–water partition coefficient (Wildman–Crippen LogP) is 2.87. The van der Waals surface area contributed by atoms with E-state index in [-0.39, 0.29) is 55.6 Å². The Balaban J connectivity index is 1.31. The summed E-state index contributed by atoms with van der Waals surface area (Å²) >= 11 is 11.8. The summed E-state index contributed by atoms with van der Waals surface area (Å²) in [6, 6.07) is 4.87. The first-order valence-electron chi connectivity index (χ1n) is 10.4. The molecule has 1 saturated heterocycles. The van der Waals surface area contributed by atoms with Gasteiger partial charge in [-0.2, -0.15) is 0 Å². The molecule has 2 unspecified atom stereocenters. The van der Waals surface area contributed by atoms with Gasteiger partial charge in [0.05, 0.1) is 23.5 Å². The fourth-order valence-electron chi connectivity index (χ4n) is 3.94. The number of fused-ring (bicyclic) bond motifs is 1. The lowest BCUT2D eigenvalue weighted by Crippen LogP contribution is -2.43. The van der Waals surface area contributed by atoms with Gasteiger partial charge in [0.2, 0.25) is 23.6 Å². The second kappa shape index (κ2) is 10.8. The van der Waals surface area contributed by atoms with E-state index in [9.17, 15) is 19.2 Å². The van der Waals surface area contributed by atoms with Gasteiger partial charge in [0.15, 0.2) is 0 Å². The Morgan fingerprint density at radius 2 is 1.61 bits per heavy atom. The minimum Gasteiger partial charge on any atom is -0.492 e. The van der Waals surface area contributed by atoms with Crippen molar-refractivity contribution in [2.24, 2.45) is 11.8 Å². The molecule has 8 nitrogen and oxygen atoms in total. The molecule has 10 heteroatoms. The molecular formula is C21H25Cl2N3O5. The summed E-state index contributed by atoms with van der Waals surface area (Å²) in [6.07, 6.45) is 3.88. The lowest BCUT2D eigenvalue weighted by Gasteiger charge is -2.19. The van der Waals surface area contributed by atoms with E-state index in [2.05, 4.69) is 10.9 Å². The highest BCUT2D eigenvalue weighted by Gasteiger charge is 2.47. The first-order chi connectivity index (χ1) is 14.9. The molecule has 2 fully saturated rings. The average Bonchev–Trinajstić information content (AvgIpc) is 2.99. The van der Waals surface area contributed by atoms with Gasteiger partial charge in [0.25, 0.3) is 0 Å². The monoisotopic (exact) mass is 469 g/mol. The molecule has 168 valence electrons. The molecule has 1 aliphatic heterocycles. The molecule has 0 bridgehead atoms. The molecule has 31 heavy (non-hydrogen) atoms. The summed E-state index contributed by atoms with van der Waals surface area (Å²) in [5.74, 6) is -1.17. The number of hydrogen-bond donors (Lipinski definition) is 2. The van der Waals surface area contributed by atoms with E-state index in [0.717, 1.165) is 25.7 Å². The Hall–Kier alpha value is -2.32. The number of likely N-dealkylation sites (tertiary alicyclic amines) is 1. The second-order valence-corrected chi connectivity index (χ2v) is 8.54. The molecule has 1 heterocycles. The molecule has 2 N–H and O–H groups in total. The van der Waals surface area contributed by atoms with Crippen molar-refractivity contribution >= 4 is 46.8 Å².